The molecule has 1 saturated carbocycles. The average Bonchev–Trinajstić information content (AvgIpc) is 2.80. The normalized spacial score (nSPS) is 23.3. The quantitative estimate of drug-likeness (QED) is 0.182. The summed E-state index contributed by atoms with van der Waals surface area (Å²) in [6.07, 6.45) is 16.0. The van der Waals surface area contributed by atoms with Crippen LogP contribution in [0.2, 0.25) is 0 Å². The molecule has 0 aliphatic heterocycles. The van der Waals surface area contributed by atoms with E-state index in [0.717, 1.165) is 43.4 Å². The van der Waals surface area contributed by atoms with Crippen molar-refractivity contribution < 1.29 is 17.6 Å². The number of hydrogen-bond donors (Lipinski definition) is 0. The lowest BCUT2D eigenvalue weighted by atomic mass is 9.69. The van der Waals surface area contributed by atoms with Gasteiger partial charge in [-0.2, -0.15) is 0 Å². The fourth-order valence-electron chi connectivity index (χ4n) is 5.48. The lowest BCUT2D eigenvalue weighted by molar-refractivity contribution is 0.205. The maximum atomic E-state index is 15.2. The van der Waals surface area contributed by atoms with E-state index in [0.29, 0.717) is 29.7 Å². The molecule has 4 heteroatoms. The molecule has 2 aromatic rings. The standard InChI is InChI=1S/C28H30F4/c1-2-3-4-5-6-18-7-9-19(10-8-18)20-11-13-23-21(15-20)12-14-24(27(23)31)22-16-25(29)28(32)26(30)17-22/h2,5-6,12,14,16-20H,1,3-4,7-11,13,15H2/b6-5+. The van der Waals surface area contributed by atoms with Crippen molar-refractivity contribution in [1.82, 2.24) is 0 Å². The minimum atomic E-state index is -1.53. The van der Waals surface area contributed by atoms with Gasteiger partial charge in [0.2, 0.25) is 0 Å². The molecule has 2 aliphatic rings. The molecule has 4 rings (SSSR count). The Hall–Kier alpha value is -2.36. The van der Waals surface area contributed by atoms with Crippen LogP contribution in [-0.4, -0.2) is 0 Å². The molecule has 1 fully saturated rings. The van der Waals surface area contributed by atoms with Crippen LogP contribution in [0.3, 0.4) is 0 Å². The van der Waals surface area contributed by atoms with E-state index in [1.807, 2.05) is 12.1 Å². The van der Waals surface area contributed by atoms with E-state index in [1.54, 1.807) is 6.07 Å². The summed E-state index contributed by atoms with van der Waals surface area (Å²) in [6.45, 7) is 3.76. The van der Waals surface area contributed by atoms with Gasteiger partial charge in [0.25, 0.3) is 0 Å². The third-order valence-electron chi connectivity index (χ3n) is 7.31. The number of unbranched alkanes of at least 4 members (excludes halogenated alkanes) is 1. The van der Waals surface area contributed by atoms with Crippen molar-refractivity contribution in [2.24, 2.45) is 17.8 Å². The molecule has 0 bridgehead atoms. The smallest absolute Gasteiger partial charge is 0.194 e. The zero-order valence-electron chi connectivity index (χ0n) is 18.4. The van der Waals surface area contributed by atoms with Gasteiger partial charge in [0.05, 0.1) is 0 Å². The first-order chi connectivity index (χ1) is 15.5. The maximum Gasteiger partial charge on any atom is 0.194 e. The Balaban J connectivity index is 1.43. The summed E-state index contributed by atoms with van der Waals surface area (Å²) in [7, 11) is 0. The summed E-state index contributed by atoms with van der Waals surface area (Å²) < 4.78 is 55.8. The van der Waals surface area contributed by atoms with E-state index in [2.05, 4.69) is 18.7 Å². The molecule has 0 saturated heterocycles. The van der Waals surface area contributed by atoms with Crippen LogP contribution in [-0.2, 0) is 12.8 Å². The first-order valence-corrected chi connectivity index (χ1v) is 11.7. The highest BCUT2D eigenvalue weighted by Crippen LogP contribution is 2.41. The minimum Gasteiger partial charge on any atom is -0.206 e. The van der Waals surface area contributed by atoms with E-state index in [9.17, 15) is 13.2 Å². The van der Waals surface area contributed by atoms with Gasteiger partial charge < -0.3 is 0 Å². The van der Waals surface area contributed by atoms with Crippen LogP contribution in [0, 0.1) is 41.0 Å². The minimum absolute atomic E-state index is 0.0308. The van der Waals surface area contributed by atoms with Crippen molar-refractivity contribution in [2.75, 3.05) is 0 Å². The fourth-order valence-corrected chi connectivity index (χ4v) is 5.48. The molecule has 2 aliphatic carbocycles. The summed E-state index contributed by atoms with van der Waals surface area (Å²) in [5, 5.41) is 0. The monoisotopic (exact) mass is 442 g/mol. The van der Waals surface area contributed by atoms with E-state index in [4.69, 9.17) is 0 Å². The molecule has 0 heterocycles. The number of benzene rings is 2. The van der Waals surface area contributed by atoms with Gasteiger partial charge in [-0.15, -0.1) is 6.58 Å². The van der Waals surface area contributed by atoms with E-state index >= 15 is 4.39 Å². The average molecular weight is 443 g/mol. The van der Waals surface area contributed by atoms with Gasteiger partial charge in [0.15, 0.2) is 17.5 Å². The maximum absolute atomic E-state index is 15.2. The second kappa shape index (κ2) is 10.1. The number of allylic oxidation sites excluding steroid dienone is 3. The Morgan fingerprint density at radius 3 is 2.25 bits per heavy atom. The molecular formula is C28H30F4. The van der Waals surface area contributed by atoms with E-state index in [-0.39, 0.29) is 11.1 Å². The summed E-state index contributed by atoms with van der Waals surface area (Å²) in [6, 6.07) is 5.18. The molecule has 170 valence electrons. The molecule has 2 aromatic carbocycles. The molecular weight excluding hydrogens is 412 g/mol. The van der Waals surface area contributed by atoms with Crippen molar-refractivity contribution in [1.29, 1.82) is 0 Å². The highest BCUT2D eigenvalue weighted by atomic mass is 19.2. The highest BCUT2D eigenvalue weighted by Gasteiger charge is 2.31. The predicted molar refractivity (Wildman–Crippen MR) is 121 cm³/mol. The van der Waals surface area contributed by atoms with Crippen molar-refractivity contribution in [2.45, 2.75) is 57.8 Å². The second-order valence-electron chi connectivity index (χ2n) is 9.29. The van der Waals surface area contributed by atoms with Crippen LogP contribution in [0.5, 0.6) is 0 Å². The van der Waals surface area contributed by atoms with E-state index in [1.165, 1.54) is 25.7 Å². The molecule has 0 amide bonds. The molecule has 0 N–H and O–H groups in total. The first kappa shape index (κ1) is 22.8. The molecule has 0 nitrogen and oxygen atoms in total. The Morgan fingerprint density at radius 1 is 0.844 bits per heavy atom. The van der Waals surface area contributed by atoms with Crippen LogP contribution in [0.1, 0.15) is 56.1 Å². The lowest BCUT2D eigenvalue weighted by Crippen LogP contribution is -2.26. The van der Waals surface area contributed by atoms with Crippen LogP contribution in [0.15, 0.2) is 49.1 Å². The Kier molecular flexibility index (Phi) is 7.17. The van der Waals surface area contributed by atoms with Crippen molar-refractivity contribution >= 4 is 0 Å². The zero-order chi connectivity index (χ0) is 22.7. The van der Waals surface area contributed by atoms with Gasteiger partial charge in [0.1, 0.15) is 5.82 Å². The van der Waals surface area contributed by atoms with Crippen molar-refractivity contribution in [3.8, 4) is 11.1 Å². The fraction of sp³-hybridized carbons (Fsp3) is 0.429. The van der Waals surface area contributed by atoms with Crippen LogP contribution < -0.4 is 0 Å². The lowest BCUT2D eigenvalue weighted by Gasteiger charge is -2.36. The summed E-state index contributed by atoms with van der Waals surface area (Å²) in [5.41, 5.74) is 1.80. The number of fused-ring (bicyclic) bond motifs is 1. The topological polar surface area (TPSA) is 0 Å². The number of hydrogen-bond acceptors (Lipinski definition) is 0. The van der Waals surface area contributed by atoms with Gasteiger partial charge >= 0.3 is 0 Å². The second-order valence-corrected chi connectivity index (χ2v) is 9.29. The van der Waals surface area contributed by atoms with Crippen LogP contribution >= 0.6 is 0 Å². The van der Waals surface area contributed by atoms with Gasteiger partial charge in [-0.3, -0.25) is 0 Å². The molecule has 1 unspecified atom stereocenters. The molecule has 0 spiro atoms. The van der Waals surface area contributed by atoms with E-state index < -0.39 is 23.3 Å². The molecule has 32 heavy (non-hydrogen) atoms. The zero-order valence-corrected chi connectivity index (χ0v) is 18.4. The third-order valence-corrected chi connectivity index (χ3v) is 7.31. The van der Waals surface area contributed by atoms with Gasteiger partial charge in [0, 0.05) is 5.56 Å². The number of rotatable bonds is 6. The van der Waals surface area contributed by atoms with Crippen molar-refractivity contribution in [3.63, 3.8) is 0 Å². The first-order valence-electron chi connectivity index (χ1n) is 11.7. The van der Waals surface area contributed by atoms with Gasteiger partial charge in [-0.25, -0.2) is 17.6 Å². The van der Waals surface area contributed by atoms with Crippen LogP contribution in [0.4, 0.5) is 17.6 Å². The highest BCUT2D eigenvalue weighted by molar-refractivity contribution is 5.66. The third kappa shape index (κ3) is 4.84. The van der Waals surface area contributed by atoms with Gasteiger partial charge in [-0.05, 0) is 104 Å². The predicted octanol–water partition coefficient (Wildman–Crippen LogP) is 8.34. The molecule has 0 aromatic heterocycles. The SMILES string of the molecule is C=CCC/C=C/C1CCC(C2CCc3c(ccc(-c4cc(F)c(F)c(F)c4)c3F)C2)CC1. The van der Waals surface area contributed by atoms with Gasteiger partial charge in [-0.1, -0.05) is 30.4 Å². The molecule has 0 radical (unpaired) electrons. The largest absolute Gasteiger partial charge is 0.206 e. The molecule has 1 atom stereocenters. The van der Waals surface area contributed by atoms with Crippen molar-refractivity contribution in [3.05, 3.63) is 83.5 Å². The summed E-state index contributed by atoms with van der Waals surface area (Å²) >= 11 is 0. The van der Waals surface area contributed by atoms with Crippen LogP contribution in [0.25, 0.3) is 11.1 Å². The summed E-state index contributed by atoms with van der Waals surface area (Å²) in [4.78, 5) is 0. The summed E-state index contributed by atoms with van der Waals surface area (Å²) in [5.74, 6) is -2.67. The Labute approximate surface area is 188 Å². The Bertz CT molecular complexity index is 976. The number of halogens is 4. The Morgan fingerprint density at radius 2 is 1.56 bits per heavy atom.